The molecule has 1 aliphatic heterocycles. The molecule has 0 amide bonds. The van der Waals surface area contributed by atoms with E-state index in [0.29, 0.717) is 12.2 Å². The monoisotopic (exact) mass is 336 g/mol. The highest BCUT2D eigenvalue weighted by Gasteiger charge is 2.37. The zero-order valence-electron chi connectivity index (χ0n) is 13.0. The van der Waals surface area contributed by atoms with Gasteiger partial charge < -0.3 is 4.90 Å². The maximum Gasteiger partial charge on any atom is 0.214 e. The Morgan fingerprint density at radius 3 is 2.83 bits per heavy atom. The van der Waals surface area contributed by atoms with Crippen LogP contribution in [-0.4, -0.2) is 52.6 Å². The van der Waals surface area contributed by atoms with Gasteiger partial charge in [-0.15, -0.1) is 15.3 Å². The number of nitrogens with zero attached hydrogens (tertiary/aromatic N) is 5. The molecule has 23 heavy (non-hydrogen) atoms. The van der Waals surface area contributed by atoms with Crippen molar-refractivity contribution in [2.24, 2.45) is 0 Å². The van der Waals surface area contributed by atoms with E-state index < -0.39 is 10.0 Å². The third-order valence-electron chi connectivity index (χ3n) is 4.44. The van der Waals surface area contributed by atoms with Crippen molar-refractivity contribution in [3.63, 3.8) is 0 Å². The highest BCUT2D eigenvalue weighted by atomic mass is 32.2. The molecule has 1 aliphatic carbocycles. The van der Waals surface area contributed by atoms with Crippen LogP contribution in [0.25, 0.3) is 5.65 Å². The quantitative estimate of drug-likeness (QED) is 0.873. The minimum atomic E-state index is -3.15. The minimum Gasteiger partial charge on any atom is -0.354 e. The van der Waals surface area contributed by atoms with Gasteiger partial charge in [-0.3, -0.25) is 0 Å². The normalized spacial score (nSPS) is 22.7. The fraction of sp³-hybridized carbons (Fsp3) is 0.643. The average molecular weight is 336 g/mol. The van der Waals surface area contributed by atoms with Gasteiger partial charge in [0, 0.05) is 19.1 Å². The lowest BCUT2D eigenvalue weighted by Crippen LogP contribution is -2.48. The molecule has 2 aromatic rings. The maximum absolute atomic E-state index is 12.1. The summed E-state index contributed by atoms with van der Waals surface area (Å²) in [5.74, 6) is 1.57. The number of rotatable bonds is 4. The summed E-state index contributed by atoms with van der Waals surface area (Å²) in [7, 11) is -3.15. The van der Waals surface area contributed by atoms with E-state index in [1.54, 1.807) is 4.52 Å². The number of nitrogens with one attached hydrogen (secondary N) is 1. The van der Waals surface area contributed by atoms with Crippen LogP contribution in [0.4, 0.5) is 5.82 Å². The van der Waals surface area contributed by atoms with Gasteiger partial charge in [0.25, 0.3) is 0 Å². The summed E-state index contributed by atoms with van der Waals surface area (Å²) in [6.07, 6.45) is 3.39. The predicted octanol–water partition coefficient (Wildman–Crippen LogP) is 0.483. The van der Waals surface area contributed by atoms with Gasteiger partial charge in [-0.2, -0.15) is 4.52 Å². The van der Waals surface area contributed by atoms with Crippen molar-refractivity contribution in [2.45, 2.75) is 43.9 Å². The van der Waals surface area contributed by atoms with Crippen molar-refractivity contribution < 1.29 is 8.42 Å². The first-order valence-electron chi connectivity index (χ1n) is 7.98. The van der Waals surface area contributed by atoms with E-state index in [0.717, 1.165) is 43.9 Å². The maximum atomic E-state index is 12.1. The molecule has 1 atom stereocenters. The Morgan fingerprint density at radius 2 is 2.04 bits per heavy atom. The van der Waals surface area contributed by atoms with Crippen LogP contribution in [0.5, 0.6) is 0 Å². The molecule has 0 bridgehead atoms. The molecule has 0 aromatic carbocycles. The molecule has 0 spiro atoms. The van der Waals surface area contributed by atoms with Gasteiger partial charge in [-0.25, -0.2) is 13.1 Å². The summed E-state index contributed by atoms with van der Waals surface area (Å²) in [6, 6.07) is 3.76. The number of hydrogen-bond donors (Lipinski definition) is 1. The SMILES string of the molecule is Cc1nnc2ccc(N3CCCC(NS(=O)(=O)C4CC4)C3)nn12. The zero-order chi connectivity index (χ0) is 16.0. The van der Waals surface area contributed by atoms with E-state index in [-0.39, 0.29) is 11.3 Å². The van der Waals surface area contributed by atoms with E-state index in [2.05, 4.69) is 24.9 Å². The van der Waals surface area contributed by atoms with Crippen LogP contribution < -0.4 is 9.62 Å². The van der Waals surface area contributed by atoms with Crippen LogP contribution in [0.2, 0.25) is 0 Å². The summed E-state index contributed by atoms with van der Waals surface area (Å²) in [6.45, 7) is 3.38. The molecular formula is C14H20N6O2S. The molecule has 2 fully saturated rings. The molecule has 1 saturated heterocycles. The number of hydrogen-bond acceptors (Lipinski definition) is 6. The molecule has 1 unspecified atom stereocenters. The fourth-order valence-electron chi connectivity index (χ4n) is 3.04. The molecular weight excluding hydrogens is 316 g/mol. The van der Waals surface area contributed by atoms with Crippen molar-refractivity contribution in [1.82, 2.24) is 24.5 Å². The van der Waals surface area contributed by atoms with Crippen LogP contribution >= 0.6 is 0 Å². The molecule has 3 heterocycles. The van der Waals surface area contributed by atoms with Crippen molar-refractivity contribution >= 4 is 21.5 Å². The molecule has 4 rings (SSSR count). The Bertz CT molecular complexity index is 829. The second-order valence-corrected chi connectivity index (χ2v) is 8.35. The summed E-state index contributed by atoms with van der Waals surface area (Å²) in [5, 5.41) is 12.4. The number of aromatic nitrogens is 4. The minimum absolute atomic E-state index is 0.0474. The molecule has 0 radical (unpaired) electrons. The highest BCUT2D eigenvalue weighted by Crippen LogP contribution is 2.28. The number of fused-ring (bicyclic) bond motifs is 1. The Morgan fingerprint density at radius 1 is 1.22 bits per heavy atom. The molecule has 1 saturated carbocycles. The van der Waals surface area contributed by atoms with Crippen LogP contribution in [0.1, 0.15) is 31.5 Å². The average Bonchev–Trinajstić information content (AvgIpc) is 3.33. The number of anilines is 1. The predicted molar refractivity (Wildman–Crippen MR) is 85.8 cm³/mol. The second-order valence-electron chi connectivity index (χ2n) is 6.36. The fourth-order valence-corrected chi connectivity index (χ4v) is 4.65. The van der Waals surface area contributed by atoms with Crippen molar-refractivity contribution in [3.8, 4) is 0 Å². The highest BCUT2D eigenvalue weighted by molar-refractivity contribution is 7.90. The Hall–Kier alpha value is -1.74. The number of piperidine rings is 1. The van der Waals surface area contributed by atoms with E-state index >= 15 is 0 Å². The lowest BCUT2D eigenvalue weighted by Gasteiger charge is -2.33. The Balaban J connectivity index is 1.52. The van der Waals surface area contributed by atoms with E-state index in [9.17, 15) is 8.42 Å². The summed E-state index contributed by atoms with van der Waals surface area (Å²) in [4.78, 5) is 2.13. The van der Waals surface area contributed by atoms with Gasteiger partial charge in [0.2, 0.25) is 10.0 Å². The molecule has 9 heteroatoms. The third kappa shape index (κ3) is 2.90. The molecule has 124 valence electrons. The van der Waals surface area contributed by atoms with Gasteiger partial charge in [-0.05, 0) is 44.7 Å². The lowest BCUT2D eigenvalue weighted by atomic mass is 10.1. The first kappa shape index (κ1) is 14.8. The topological polar surface area (TPSA) is 92.5 Å². The number of aryl methyl sites for hydroxylation is 1. The van der Waals surface area contributed by atoms with E-state index in [4.69, 9.17) is 0 Å². The first-order chi connectivity index (χ1) is 11.0. The zero-order valence-corrected chi connectivity index (χ0v) is 13.8. The van der Waals surface area contributed by atoms with Crippen molar-refractivity contribution in [1.29, 1.82) is 0 Å². The van der Waals surface area contributed by atoms with Crippen molar-refractivity contribution in [3.05, 3.63) is 18.0 Å². The molecule has 8 nitrogen and oxygen atoms in total. The summed E-state index contributed by atoms with van der Waals surface area (Å²) < 4.78 is 28.8. The largest absolute Gasteiger partial charge is 0.354 e. The van der Waals surface area contributed by atoms with Crippen LogP contribution in [-0.2, 0) is 10.0 Å². The van der Waals surface area contributed by atoms with Gasteiger partial charge >= 0.3 is 0 Å². The van der Waals surface area contributed by atoms with E-state index in [1.807, 2.05) is 19.1 Å². The van der Waals surface area contributed by atoms with Gasteiger partial charge in [0.15, 0.2) is 11.5 Å². The standard InChI is InChI=1S/C14H20N6O2S/c1-10-15-16-13-6-7-14(17-20(10)13)19-8-2-3-11(9-19)18-23(21,22)12-4-5-12/h6-7,11-12,18H,2-5,8-9H2,1H3. The smallest absolute Gasteiger partial charge is 0.214 e. The van der Waals surface area contributed by atoms with Gasteiger partial charge in [0.05, 0.1) is 5.25 Å². The van der Waals surface area contributed by atoms with Gasteiger partial charge in [0.1, 0.15) is 5.82 Å². The molecule has 1 N–H and O–H groups in total. The van der Waals surface area contributed by atoms with E-state index in [1.165, 1.54) is 0 Å². The number of sulfonamides is 1. The lowest BCUT2D eigenvalue weighted by molar-refractivity contribution is 0.462. The molecule has 2 aliphatic rings. The van der Waals surface area contributed by atoms with Crippen LogP contribution in [0.15, 0.2) is 12.1 Å². The Kier molecular flexibility index (Phi) is 3.49. The Labute approximate surface area is 134 Å². The van der Waals surface area contributed by atoms with Crippen molar-refractivity contribution in [2.75, 3.05) is 18.0 Å². The third-order valence-corrected chi connectivity index (χ3v) is 6.46. The van der Waals surface area contributed by atoms with Crippen LogP contribution in [0, 0.1) is 6.92 Å². The first-order valence-corrected chi connectivity index (χ1v) is 9.53. The summed E-state index contributed by atoms with van der Waals surface area (Å²) in [5.41, 5.74) is 0.717. The second kappa shape index (κ2) is 5.41. The summed E-state index contributed by atoms with van der Waals surface area (Å²) >= 11 is 0. The van der Waals surface area contributed by atoms with Crippen LogP contribution in [0.3, 0.4) is 0 Å². The molecule has 2 aromatic heterocycles. The van der Waals surface area contributed by atoms with Gasteiger partial charge in [-0.1, -0.05) is 0 Å².